The second kappa shape index (κ2) is 4.78. The largest absolute Gasteiger partial charge is 0.534 e. The molecule has 23 heavy (non-hydrogen) atoms. The van der Waals surface area contributed by atoms with E-state index in [2.05, 4.69) is 19.1 Å². The van der Waals surface area contributed by atoms with Crippen LogP contribution in [-0.4, -0.2) is 28.9 Å². The van der Waals surface area contributed by atoms with Crippen LogP contribution in [0.2, 0.25) is 0 Å². The number of nitrogens with zero attached hydrogens (tertiary/aromatic N) is 2. The first-order valence-corrected chi connectivity index (χ1v) is 7.44. The van der Waals surface area contributed by atoms with Crippen LogP contribution in [0.25, 0.3) is 21.9 Å². The van der Waals surface area contributed by atoms with E-state index in [0.717, 1.165) is 18.5 Å². The molecule has 11 heteroatoms. The molecule has 3 aromatic rings. The van der Waals surface area contributed by atoms with Crippen molar-refractivity contribution in [3.8, 4) is 5.88 Å². The number of rotatable bonds is 2. The van der Waals surface area contributed by atoms with Crippen molar-refractivity contribution in [1.82, 2.24) is 15.0 Å². The summed E-state index contributed by atoms with van der Waals surface area (Å²) in [6, 6.07) is 0.978. The van der Waals surface area contributed by atoms with Crippen molar-refractivity contribution in [3.05, 3.63) is 29.8 Å². The lowest BCUT2D eigenvalue weighted by molar-refractivity contribution is -0.0501. The number of halogens is 4. The Morgan fingerprint density at radius 2 is 1.91 bits per heavy atom. The number of H-pyrrole nitrogens is 1. The number of fused-ring (bicyclic) bond motifs is 3. The molecule has 0 aliphatic heterocycles. The maximum Gasteiger partial charge on any atom is 0.534 e. The summed E-state index contributed by atoms with van der Waals surface area (Å²) in [4.78, 5) is 10.1. The third-order valence-electron chi connectivity index (χ3n) is 3.16. The smallest absolute Gasteiger partial charge is 0.355 e. The summed E-state index contributed by atoms with van der Waals surface area (Å²) in [6.07, 6.45) is 2.07. The van der Waals surface area contributed by atoms with Crippen molar-refractivity contribution in [2.24, 2.45) is 0 Å². The molecule has 0 saturated carbocycles. The molecule has 1 N–H and O–H groups in total. The fourth-order valence-electron chi connectivity index (χ4n) is 2.08. The zero-order valence-corrected chi connectivity index (χ0v) is 12.1. The van der Waals surface area contributed by atoms with E-state index in [-0.39, 0.29) is 16.6 Å². The lowest BCUT2D eigenvalue weighted by Gasteiger charge is -2.08. The van der Waals surface area contributed by atoms with Gasteiger partial charge in [0.1, 0.15) is 11.5 Å². The first kappa shape index (κ1) is 15.5. The summed E-state index contributed by atoms with van der Waals surface area (Å²) in [7, 11) is -5.84. The lowest BCUT2D eigenvalue weighted by Crippen LogP contribution is -2.28. The Bertz CT molecular complexity index is 1030. The molecule has 0 saturated heterocycles. The van der Waals surface area contributed by atoms with Crippen molar-refractivity contribution in [2.45, 2.75) is 12.4 Å². The van der Waals surface area contributed by atoms with Crippen molar-refractivity contribution < 1.29 is 30.2 Å². The van der Waals surface area contributed by atoms with Crippen LogP contribution in [-0.2, 0) is 10.1 Å². The molecule has 0 aliphatic rings. The van der Waals surface area contributed by atoms with Gasteiger partial charge in [-0.2, -0.15) is 21.6 Å². The van der Waals surface area contributed by atoms with Gasteiger partial charge in [-0.1, -0.05) is 0 Å². The molecular weight excluding hydrogens is 342 g/mol. The van der Waals surface area contributed by atoms with Crippen molar-refractivity contribution in [2.75, 3.05) is 0 Å². The summed E-state index contributed by atoms with van der Waals surface area (Å²) in [5.74, 6) is -1.39. The summed E-state index contributed by atoms with van der Waals surface area (Å²) >= 11 is 0. The SMILES string of the molecule is Cc1c(F)cnc2[nH]c3cnc(OS(=O)(=O)C(F)(F)F)cc3c12. The Kier molecular flexibility index (Phi) is 3.21. The minimum absolute atomic E-state index is 0.206. The average Bonchev–Trinajstić information content (AvgIpc) is 2.80. The molecule has 3 aromatic heterocycles. The number of aromatic nitrogens is 3. The van der Waals surface area contributed by atoms with Crippen LogP contribution < -0.4 is 4.18 Å². The molecule has 0 radical (unpaired) electrons. The van der Waals surface area contributed by atoms with E-state index in [0.29, 0.717) is 10.9 Å². The van der Waals surface area contributed by atoms with Gasteiger partial charge in [-0.3, -0.25) is 0 Å². The van der Waals surface area contributed by atoms with E-state index in [4.69, 9.17) is 0 Å². The number of nitrogens with one attached hydrogen (secondary N) is 1. The van der Waals surface area contributed by atoms with E-state index in [1.165, 1.54) is 6.92 Å². The standard InChI is InChI=1S/C12H7F4N3O3S/c1-5-7(13)3-18-11-10(5)6-2-9(17-4-8(6)19-11)22-23(20,21)12(14,15)16/h2-4H,1H3,(H,18,19). The lowest BCUT2D eigenvalue weighted by atomic mass is 10.1. The molecular formula is C12H7F4N3O3S. The topological polar surface area (TPSA) is 84.9 Å². The molecule has 0 bridgehead atoms. The maximum absolute atomic E-state index is 13.6. The Labute approximate surface area is 126 Å². The first-order valence-electron chi connectivity index (χ1n) is 6.03. The van der Waals surface area contributed by atoms with Crippen molar-refractivity contribution in [1.29, 1.82) is 0 Å². The number of pyridine rings is 2. The minimum Gasteiger partial charge on any atom is -0.355 e. The molecule has 3 rings (SSSR count). The molecule has 0 atom stereocenters. The Hall–Kier alpha value is -2.43. The Balaban J connectivity index is 2.19. The summed E-state index contributed by atoms with van der Waals surface area (Å²) in [5.41, 5.74) is -4.74. The third kappa shape index (κ3) is 2.46. The molecule has 0 fully saturated rings. The third-order valence-corrected chi connectivity index (χ3v) is 4.11. The van der Waals surface area contributed by atoms with Gasteiger partial charge in [0.25, 0.3) is 0 Å². The fraction of sp³-hybridized carbons (Fsp3) is 0.167. The van der Waals surface area contributed by atoms with Gasteiger partial charge in [-0.25, -0.2) is 14.4 Å². The number of alkyl halides is 3. The van der Waals surface area contributed by atoms with Crippen LogP contribution in [0.4, 0.5) is 17.6 Å². The van der Waals surface area contributed by atoms with Crippen LogP contribution in [0.5, 0.6) is 5.88 Å². The molecule has 0 spiro atoms. The summed E-state index contributed by atoms with van der Waals surface area (Å²) in [6.45, 7) is 1.46. The van der Waals surface area contributed by atoms with Gasteiger partial charge in [0.2, 0.25) is 5.88 Å². The van der Waals surface area contributed by atoms with E-state index in [9.17, 15) is 26.0 Å². The van der Waals surface area contributed by atoms with E-state index < -0.39 is 27.3 Å². The number of aromatic amines is 1. The van der Waals surface area contributed by atoms with Gasteiger partial charge >= 0.3 is 15.6 Å². The summed E-state index contributed by atoms with van der Waals surface area (Å²) in [5, 5.41) is 0.545. The normalized spacial score (nSPS) is 12.9. The molecule has 0 aliphatic carbocycles. The van der Waals surface area contributed by atoms with E-state index in [1.54, 1.807) is 0 Å². The first-order chi connectivity index (χ1) is 10.6. The van der Waals surface area contributed by atoms with Gasteiger partial charge in [0, 0.05) is 16.8 Å². The highest BCUT2D eigenvalue weighted by Gasteiger charge is 2.48. The van der Waals surface area contributed by atoms with E-state index in [1.807, 2.05) is 0 Å². The Morgan fingerprint density at radius 1 is 1.22 bits per heavy atom. The highest BCUT2D eigenvalue weighted by atomic mass is 32.2. The van der Waals surface area contributed by atoms with E-state index >= 15 is 0 Å². The number of hydrogen-bond donors (Lipinski definition) is 1. The minimum atomic E-state index is -5.84. The predicted octanol–water partition coefficient (Wildman–Crippen LogP) is 2.79. The van der Waals surface area contributed by atoms with Crippen LogP contribution in [0.1, 0.15) is 5.56 Å². The number of aryl methyl sites for hydroxylation is 1. The summed E-state index contributed by atoms with van der Waals surface area (Å²) < 4.78 is 76.6. The molecule has 122 valence electrons. The monoisotopic (exact) mass is 349 g/mol. The van der Waals surface area contributed by atoms with Crippen LogP contribution in [0, 0.1) is 12.7 Å². The zero-order chi connectivity index (χ0) is 17.0. The van der Waals surface area contributed by atoms with Gasteiger partial charge in [-0.05, 0) is 12.5 Å². The van der Waals surface area contributed by atoms with Crippen molar-refractivity contribution >= 4 is 32.1 Å². The predicted molar refractivity (Wildman–Crippen MR) is 71.7 cm³/mol. The second-order valence-electron chi connectivity index (χ2n) is 4.63. The molecule has 3 heterocycles. The second-order valence-corrected chi connectivity index (χ2v) is 6.17. The molecule has 0 unspecified atom stereocenters. The van der Waals surface area contributed by atoms with Crippen LogP contribution >= 0.6 is 0 Å². The molecule has 0 amide bonds. The van der Waals surface area contributed by atoms with Crippen LogP contribution in [0.3, 0.4) is 0 Å². The highest BCUT2D eigenvalue weighted by Crippen LogP contribution is 2.31. The Morgan fingerprint density at radius 3 is 2.57 bits per heavy atom. The van der Waals surface area contributed by atoms with Crippen molar-refractivity contribution in [3.63, 3.8) is 0 Å². The fourth-order valence-corrected chi connectivity index (χ4v) is 2.49. The highest BCUT2D eigenvalue weighted by molar-refractivity contribution is 7.87. The average molecular weight is 349 g/mol. The van der Waals surface area contributed by atoms with Gasteiger partial charge in [0.15, 0.2) is 0 Å². The maximum atomic E-state index is 13.6. The molecule has 0 aromatic carbocycles. The van der Waals surface area contributed by atoms with Gasteiger partial charge in [0.05, 0.1) is 17.9 Å². The van der Waals surface area contributed by atoms with Crippen LogP contribution in [0.15, 0.2) is 18.5 Å². The quantitative estimate of drug-likeness (QED) is 0.437. The number of hydrogen-bond acceptors (Lipinski definition) is 5. The van der Waals surface area contributed by atoms with Gasteiger partial charge in [-0.15, -0.1) is 0 Å². The zero-order valence-electron chi connectivity index (χ0n) is 11.3. The van der Waals surface area contributed by atoms with Gasteiger partial charge < -0.3 is 9.17 Å². The molecule has 6 nitrogen and oxygen atoms in total.